The van der Waals surface area contributed by atoms with Gasteiger partial charge in [-0.2, -0.15) is 8.42 Å². The average molecular weight is 467 g/mol. The molecule has 0 unspecified atom stereocenters. The number of nitrogens with zero attached hydrogens (tertiary/aromatic N) is 2. The van der Waals surface area contributed by atoms with Crippen LogP contribution in [0.3, 0.4) is 0 Å². The van der Waals surface area contributed by atoms with Gasteiger partial charge >= 0.3 is 0 Å². The zero-order valence-electron chi connectivity index (χ0n) is 16.6. The van der Waals surface area contributed by atoms with Gasteiger partial charge < -0.3 is 20.7 Å². The Kier molecular flexibility index (Phi) is 4.85. The van der Waals surface area contributed by atoms with Crippen LogP contribution in [0.2, 0.25) is 0 Å². The van der Waals surface area contributed by atoms with Crippen molar-refractivity contribution < 1.29 is 13.5 Å². The van der Waals surface area contributed by atoms with E-state index >= 15 is 0 Å². The highest BCUT2D eigenvalue weighted by Gasteiger charge is 2.33. The lowest BCUT2D eigenvalue weighted by molar-refractivity contribution is 0.478. The van der Waals surface area contributed by atoms with E-state index in [0.717, 1.165) is 16.9 Å². The quantitative estimate of drug-likeness (QED) is 0.424. The van der Waals surface area contributed by atoms with Crippen molar-refractivity contribution in [1.82, 2.24) is 4.57 Å². The lowest BCUT2D eigenvalue weighted by Crippen LogP contribution is -2.32. The standard InChI is InChI=1S/C22H18N4O4S2/c23-10-14-12-31-21-19(14)32(29,30)25-20(24-21)17-18(27)15-8-4-5-9-16(15)26(22(17)28)11-13-6-2-1-3-7-13/h1-9,12,27H,10-11,23H2,(H,24,25). The number of fused-ring (bicyclic) bond motifs is 2. The van der Waals surface area contributed by atoms with Gasteiger partial charge in [0.1, 0.15) is 21.2 Å². The maximum Gasteiger partial charge on any atom is 0.287 e. The van der Waals surface area contributed by atoms with Crippen LogP contribution in [-0.4, -0.2) is 23.9 Å². The first kappa shape index (κ1) is 20.4. The van der Waals surface area contributed by atoms with E-state index in [-0.39, 0.29) is 35.1 Å². The van der Waals surface area contributed by atoms with Crippen LogP contribution in [0.4, 0.5) is 5.00 Å². The molecule has 0 fully saturated rings. The number of aromatic hydroxyl groups is 1. The fourth-order valence-corrected chi connectivity index (χ4v) is 6.45. The van der Waals surface area contributed by atoms with Gasteiger partial charge in [0.05, 0.1) is 12.1 Å². The third-order valence-corrected chi connectivity index (χ3v) is 7.78. The van der Waals surface area contributed by atoms with E-state index in [1.807, 2.05) is 30.3 Å². The largest absolute Gasteiger partial charge is 0.506 e. The number of thiophene rings is 1. The molecule has 8 nitrogen and oxygen atoms in total. The minimum atomic E-state index is -4.10. The Balaban J connectivity index is 1.75. The number of hydrogen-bond acceptors (Lipinski definition) is 7. The number of nitrogens with two attached hydrogens (primary N) is 1. The molecule has 5 rings (SSSR count). The van der Waals surface area contributed by atoms with Crippen LogP contribution in [0, 0.1) is 0 Å². The third-order valence-electron chi connectivity index (χ3n) is 5.30. The Morgan fingerprint density at radius 3 is 2.56 bits per heavy atom. The Morgan fingerprint density at radius 1 is 1.09 bits per heavy atom. The SMILES string of the molecule is NCc1csc2c1S(=O)(=O)N=C(c1c(O)c3ccccc3n(Cc3ccccc3)c1=O)N2. The van der Waals surface area contributed by atoms with E-state index in [4.69, 9.17) is 5.73 Å². The number of benzene rings is 2. The van der Waals surface area contributed by atoms with E-state index < -0.39 is 15.6 Å². The molecule has 0 radical (unpaired) electrons. The van der Waals surface area contributed by atoms with Crippen molar-refractivity contribution in [1.29, 1.82) is 0 Å². The number of rotatable bonds is 4. The van der Waals surface area contributed by atoms with Crippen LogP contribution in [-0.2, 0) is 23.1 Å². The zero-order chi connectivity index (χ0) is 22.5. The van der Waals surface area contributed by atoms with Gasteiger partial charge in [0.15, 0.2) is 5.84 Å². The summed E-state index contributed by atoms with van der Waals surface area (Å²) in [6, 6.07) is 16.3. The van der Waals surface area contributed by atoms with Gasteiger partial charge in [-0.1, -0.05) is 42.5 Å². The maximum atomic E-state index is 13.6. The number of nitrogens with one attached hydrogen (secondary N) is 1. The van der Waals surface area contributed by atoms with Crippen LogP contribution in [0.5, 0.6) is 5.75 Å². The third kappa shape index (κ3) is 3.20. The van der Waals surface area contributed by atoms with Crippen molar-refractivity contribution in [2.45, 2.75) is 18.0 Å². The summed E-state index contributed by atoms with van der Waals surface area (Å²) in [6.07, 6.45) is 0. The van der Waals surface area contributed by atoms with Crippen LogP contribution in [0.1, 0.15) is 16.7 Å². The molecule has 2 aromatic carbocycles. The summed E-state index contributed by atoms with van der Waals surface area (Å²) < 4.78 is 31.1. The first-order chi connectivity index (χ1) is 15.4. The van der Waals surface area contributed by atoms with Gasteiger partial charge in [0, 0.05) is 11.9 Å². The molecule has 4 N–H and O–H groups in total. The first-order valence-corrected chi connectivity index (χ1v) is 12.0. The summed E-state index contributed by atoms with van der Waals surface area (Å²) >= 11 is 1.16. The van der Waals surface area contributed by atoms with Gasteiger partial charge in [-0.25, -0.2) is 0 Å². The summed E-state index contributed by atoms with van der Waals surface area (Å²) in [5, 5.41) is 16.3. The molecule has 32 heavy (non-hydrogen) atoms. The van der Waals surface area contributed by atoms with Crippen molar-refractivity contribution >= 4 is 43.1 Å². The number of sulfonamides is 1. The second-order valence-electron chi connectivity index (χ2n) is 7.28. The Bertz CT molecular complexity index is 1550. The molecule has 0 bridgehead atoms. The van der Waals surface area contributed by atoms with Gasteiger partial charge in [-0.3, -0.25) is 4.79 Å². The molecular weight excluding hydrogens is 448 g/mol. The molecule has 0 saturated heterocycles. The van der Waals surface area contributed by atoms with Gasteiger partial charge in [0.25, 0.3) is 15.6 Å². The number of hydrogen-bond donors (Lipinski definition) is 3. The van der Waals surface area contributed by atoms with E-state index in [1.165, 1.54) is 4.57 Å². The van der Waals surface area contributed by atoms with Crippen LogP contribution in [0.15, 0.2) is 74.1 Å². The van der Waals surface area contributed by atoms with Gasteiger partial charge in [-0.15, -0.1) is 15.7 Å². The summed E-state index contributed by atoms with van der Waals surface area (Å²) in [7, 11) is -4.10. The molecule has 10 heteroatoms. The van der Waals surface area contributed by atoms with Crippen molar-refractivity contribution in [2.24, 2.45) is 10.1 Å². The predicted octanol–water partition coefficient (Wildman–Crippen LogP) is 2.84. The highest BCUT2D eigenvalue weighted by molar-refractivity contribution is 7.90. The van der Waals surface area contributed by atoms with E-state index in [9.17, 15) is 18.3 Å². The Hall–Kier alpha value is -3.47. The van der Waals surface area contributed by atoms with E-state index in [2.05, 4.69) is 9.71 Å². The summed E-state index contributed by atoms with van der Waals surface area (Å²) in [4.78, 5) is 13.6. The molecule has 2 aromatic heterocycles. The second-order valence-corrected chi connectivity index (χ2v) is 9.70. The topological polar surface area (TPSA) is 127 Å². The molecule has 0 amide bonds. The summed E-state index contributed by atoms with van der Waals surface area (Å²) in [6.45, 7) is 0.289. The highest BCUT2D eigenvalue weighted by atomic mass is 32.2. The number of amidine groups is 1. The Labute approximate surface area is 187 Å². The average Bonchev–Trinajstić information content (AvgIpc) is 3.21. The van der Waals surface area contributed by atoms with Crippen LogP contribution in [0.25, 0.3) is 10.9 Å². The van der Waals surface area contributed by atoms with Gasteiger partial charge in [-0.05, 0) is 28.6 Å². The van der Waals surface area contributed by atoms with Crippen molar-refractivity contribution in [3.8, 4) is 5.75 Å². The van der Waals surface area contributed by atoms with Crippen molar-refractivity contribution in [2.75, 3.05) is 5.32 Å². The molecule has 1 aliphatic rings. The lowest BCUT2D eigenvalue weighted by atomic mass is 10.1. The lowest BCUT2D eigenvalue weighted by Gasteiger charge is -2.19. The van der Waals surface area contributed by atoms with Crippen molar-refractivity contribution in [3.63, 3.8) is 0 Å². The van der Waals surface area contributed by atoms with E-state index in [1.54, 1.807) is 29.6 Å². The zero-order valence-corrected chi connectivity index (χ0v) is 18.3. The fourth-order valence-electron chi connectivity index (χ4n) is 3.82. The predicted molar refractivity (Wildman–Crippen MR) is 125 cm³/mol. The molecule has 0 saturated carbocycles. The number of anilines is 1. The second kappa shape index (κ2) is 7.59. The number of aromatic nitrogens is 1. The molecule has 162 valence electrons. The molecule has 1 aliphatic heterocycles. The smallest absolute Gasteiger partial charge is 0.287 e. The molecule has 0 atom stereocenters. The normalized spacial score (nSPS) is 14.6. The summed E-state index contributed by atoms with van der Waals surface area (Å²) in [5.74, 6) is -0.534. The fraction of sp³-hybridized carbons (Fsp3) is 0.0909. The Morgan fingerprint density at radius 2 is 1.81 bits per heavy atom. The molecular formula is C22H18N4O4S2. The van der Waals surface area contributed by atoms with Crippen LogP contribution < -0.4 is 16.6 Å². The summed E-state index contributed by atoms with van der Waals surface area (Å²) in [5.41, 5.74) is 6.78. The van der Waals surface area contributed by atoms with E-state index in [0.29, 0.717) is 21.5 Å². The van der Waals surface area contributed by atoms with Crippen LogP contribution >= 0.6 is 11.3 Å². The number of para-hydroxylation sites is 1. The maximum absolute atomic E-state index is 13.6. The minimum Gasteiger partial charge on any atom is -0.506 e. The molecule has 0 aliphatic carbocycles. The van der Waals surface area contributed by atoms with Crippen molar-refractivity contribution in [3.05, 3.63) is 87.0 Å². The first-order valence-electron chi connectivity index (χ1n) is 9.72. The number of pyridine rings is 1. The highest BCUT2D eigenvalue weighted by Crippen LogP contribution is 2.38. The van der Waals surface area contributed by atoms with Gasteiger partial charge in [0.2, 0.25) is 0 Å². The minimum absolute atomic E-state index is 0.0126. The molecule has 0 spiro atoms. The molecule has 3 heterocycles. The molecule has 4 aromatic rings. The monoisotopic (exact) mass is 466 g/mol.